The third kappa shape index (κ3) is 6.69. The minimum absolute atomic E-state index is 0.146. The maximum absolute atomic E-state index is 14.2. The lowest BCUT2D eigenvalue weighted by atomic mass is 9.86. The summed E-state index contributed by atoms with van der Waals surface area (Å²) in [5.41, 5.74) is -22.7. The molecule has 0 aliphatic rings. The predicted octanol–water partition coefficient (Wildman–Crippen LogP) is 6.57. The van der Waals surface area contributed by atoms with Crippen molar-refractivity contribution in [1.82, 2.24) is 0 Å². The zero-order valence-electron chi connectivity index (χ0n) is 23.6. The molecule has 7 nitrogen and oxygen atoms in total. The zero-order chi connectivity index (χ0) is 38.1. The molecule has 0 bridgehead atoms. The Morgan fingerprint density at radius 2 is 0.840 bits per heavy atom. The highest BCUT2D eigenvalue weighted by Gasteiger charge is 2.47. The van der Waals surface area contributed by atoms with Gasteiger partial charge in [-0.3, -0.25) is 0 Å². The van der Waals surface area contributed by atoms with Gasteiger partial charge in [0.05, 0.1) is 79.4 Å². The van der Waals surface area contributed by atoms with Gasteiger partial charge in [0.2, 0.25) is 0 Å². The van der Waals surface area contributed by atoms with Gasteiger partial charge in [0.15, 0.2) is 0 Å². The van der Waals surface area contributed by atoms with Gasteiger partial charge in [0, 0.05) is 21.6 Å². The smallest absolute Gasteiger partial charge is 0.192 e. The van der Waals surface area contributed by atoms with Gasteiger partial charge in [0.1, 0.15) is 24.3 Å². The van der Waals surface area contributed by atoms with Crippen LogP contribution in [0.4, 0.5) is 52.7 Å². The Labute approximate surface area is 270 Å². The van der Waals surface area contributed by atoms with E-state index in [0.717, 1.165) is 24.3 Å². The molecule has 0 amide bonds. The molecule has 50 heavy (non-hydrogen) atoms. The average molecular weight is 703 g/mol. The number of hydrogen-bond donors (Lipinski definition) is 0. The van der Waals surface area contributed by atoms with E-state index in [1.165, 1.54) is 18.2 Å². The van der Waals surface area contributed by atoms with Crippen molar-refractivity contribution in [2.24, 2.45) is 0 Å². The Kier molecular flexibility index (Phi) is 9.65. The Morgan fingerprint density at radius 3 is 1.14 bits per heavy atom. The largest absolute Gasteiger partial charge is 0.417 e. The Bertz CT molecular complexity index is 2400. The Balaban J connectivity index is 2.89. The van der Waals surface area contributed by atoms with Crippen LogP contribution in [0.2, 0.25) is 0 Å². The predicted molar refractivity (Wildman–Crippen MR) is 138 cm³/mol. The van der Waals surface area contributed by atoms with Crippen molar-refractivity contribution >= 4 is 11.1 Å². The molecule has 0 aliphatic carbocycles. The topological polar surface area (TPSA) is 167 Å². The number of alkyl halides is 12. The van der Waals surface area contributed by atoms with Crippen molar-refractivity contribution in [2.45, 2.75) is 24.7 Å². The second kappa shape index (κ2) is 12.9. The number of halogens is 12. The second-order valence-corrected chi connectivity index (χ2v) is 9.51. The van der Waals surface area contributed by atoms with Gasteiger partial charge >= 0.3 is 24.7 Å². The van der Waals surface area contributed by atoms with Crippen LogP contribution in [0.25, 0.3) is 11.1 Å². The second-order valence-electron chi connectivity index (χ2n) is 9.51. The average Bonchev–Trinajstić information content (AvgIpc) is 3.02. The fraction of sp³-hybridized carbons (Fsp3) is 0.129. The van der Waals surface area contributed by atoms with Crippen LogP contribution in [0.15, 0.2) is 30.3 Å². The van der Waals surface area contributed by atoms with Gasteiger partial charge in [-0.2, -0.15) is 89.5 Å². The fourth-order valence-electron chi connectivity index (χ4n) is 4.84. The van der Waals surface area contributed by atoms with Crippen LogP contribution in [0.3, 0.4) is 0 Å². The van der Waals surface area contributed by atoms with Crippen LogP contribution in [0.1, 0.15) is 61.2 Å². The Hall–Kier alpha value is -7.01. The summed E-state index contributed by atoms with van der Waals surface area (Å²) in [6.45, 7) is 0. The molecule has 0 N–H and O–H groups in total. The van der Waals surface area contributed by atoms with Crippen molar-refractivity contribution in [3.8, 4) is 42.5 Å². The molecule has 19 heteroatoms. The fourth-order valence-corrected chi connectivity index (χ4v) is 4.84. The van der Waals surface area contributed by atoms with Gasteiger partial charge in [-0.15, -0.1) is 0 Å². The first-order valence-electron chi connectivity index (χ1n) is 12.5. The summed E-state index contributed by atoms with van der Waals surface area (Å²) in [6, 6.07) is 8.28. The molecular weight excluding hydrogens is 698 g/mol. The van der Waals surface area contributed by atoms with Crippen LogP contribution in [-0.4, -0.2) is 0 Å². The summed E-state index contributed by atoms with van der Waals surface area (Å²) in [6.07, 6.45) is -23.5. The number of rotatable bonds is 2. The molecule has 0 fully saturated rings. The molecule has 0 aliphatic heterocycles. The molecule has 3 aromatic carbocycles. The number of nitrogens with zero attached hydrogens (tertiary/aromatic N) is 7. The minimum atomic E-state index is -5.95. The summed E-state index contributed by atoms with van der Waals surface area (Å²) in [7, 11) is 0. The Morgan fingerprint density at radius 1 is 0.440 bits per heavy atom. The van der Waals surface area contributed by atoms with Crippen molar-refractivity contribution in [3.63, 3.8) is 0 Å². The highest BCUT2D eigenvalue weighted by Crippen LogP contribution is 2.45. The van der Waals surface area contributed by atoms with E-state index >= 15 is 0 Å². The normalized spacial score (nSPS) is 12.9. The first-order valence-corrected chi connectivity index (χ1v) is 12.5. The van der Waals surface area contributed by atoms with E-state index in [-0.39, 0.29) is 30.3 Å². The molecule has 0 saturated heterocycles. The molecule has 0 aromatic heterocycles. The van der Waals surface area contributed by atoms with Gasteiger partial charge in [-0.25, -0.2) is 0 Å². The number of benzene rings is 3. The highest BCUT2D eigenvalue weighted by molar-refractivity contribution is 5.85. The lowest BCUT2D eigenvalue weighted by Gasteiger charge is -2.20. The SMILES string of the molecule is N#C/C(c1cc(C#N)cc(C(F)(F)F)c1C(F)(F)F)=c1/c(C#N)c/c(=C(\C#N)c2cc(C#N)cc(C(F)(F)F)c2C(F)(F)F)c(C#N)c1C#N. The van der Waals surface area contributed by atoms with Crippen molar-refractivity contribution < 1.29 is 52.7 Å². The third-order valence-electron chi connectivity index (χ3n) is 6.67. The molecule has 0 unspecified atom stereocenters. The van der Waals surface area contributed by atoms with Gasteiger partial charge in [-0.05, 0) is 30.3 Å². The van der Waals surface area contributed by atoms with Crippen LogP contribution in [-0.2, 0) is 24.7 Å². The maximum atomic E-state index is 14.2. The molecule has 0 radical (unpaired) electrons. The van der Waals surface area contributed by atoms with Crippen molar-refractivity contribution in [2.75, 3.05) is 0 Å². The number of hydrogen-bond acceptors (Lipinski definition) is 7. The van der Waals surface area contributed by atoms with E-state index in [1.54, 1.807) is 0 Å². The summed E-state index contributed by atoms with van der Waals surface area (Å²) >= 11 is 0. The summed E-state index contributed by atoms with van der Waals surface area (Å²) in [5, 5.41) is 65.6. The maximum Gasteiger partial charge on any atom is 0.417 e. The highest BCUT2D eigenvalue weighted by atomic mass is 19.4. The molecule has 0 spiro atoms. The zero-order valence-corrected chi connectivity index (χ0v) is 23.6. The molecular formula is C31H5F12N7. The summed E-state index contributed by atoms with van der Waals surface area (Å²) < 4.78 is 168. The van der Waals surface area contributed by atoms with Gasteiger partial charge < -0.3 is 0 Å². The van der Waals surface area contributed by atoms with E-state index in [9.17, 15) is 89.5 Å². The third-order valence-corrected chi connectivity index (χ3v) is 6.67. The molecule has 3 rings (SSSR count). The van der Waals surface area contributed by atoms with Gasteiger partial charge in [-0.1, -0.05) is 0 Å². The summed E-state index contributed by atoms with van der Waals surface area (Å²) in [5.74, 6) is 0. The quantitative estimate of drug-likeness (QED) is 0.272. The first-order chi connectivity index (χ1) is 23.0. The van der Waals surface area contributed by atoms with Crippen molar-refractivity contribution in [3.05, 3.63) is 102 Å². The van der Waals surface area contributed by atoms with Gasteiger partial charge in [0.25, 0.3) is 0 Å². The monoisotopic (exact) mass is 703 g/mol. The molecule has 248 valence electrons. The molecule has 0 heterocycles. The molecule has 0 atom stereocenters. The van der Waals surface area contributed by atoms with E-state index in [1.807, 2.05) is 0 Å². The van der Waals surface area contributed by atoms with E-state index in [0.29, 0.717) is 0 Å². The van der Waals surface area contributed by atoms with E-state index in [2.05, 4.69) is 0 Å². The van der Waals surface area contributed by atoms with Crippen LogP contribution >= 0.6 is 0 Å². The van der Waals surface area contributed by atoms with Crippen molar-refractivity contribution in [1.29, 1.82) is 36.8 Å². The van der Waals surface area contributed by atoms with Crippen LogP contribution in [0, 0.1) is 79.3 Å². The number of nitriles is 7. The van der Waals surface area contributed by atoms with Crippen LogP contribution in [0.5, 0.6) is 0 Å². The molecule has 3 aromatic rings. The summed E-state index contributed by atoms with van der Waals surface area (Å²) in [4.78, 5) is 0. The molecule has 0 saturated carbocycles. The first kappa shape index (κ1) is 37.4. The lowest BCUT2D eigenvalue weighted by Crippen LogP contribution is -2.28. The lowest BCUT2D eigenvalue weighted by molar-refractivity contribution is -0.162. The van der Waals surface area contributed by atoms with E-state index < -0.39 is 107 Å². The minimum Gasteiger partial charge on any atom is -0.192 e. The standard InChI is InChI=1S/C31H5F12N7/c32-28(33,34)23-3-13(6-44)1-17(26(23)30(38,39)40)19(9-47)16-5-15(8-46)25(22(12-50)20(16)10-48)21(11-49)18-2-14(7-45)4-24(29(35,36)37)27(18)31(41,42)43/h1-5H/b19-16-,25-21+. The van der Waals surface area contributed by atoms with Crippen LogP contribution < -0.4 is 10.4 Å². The van der Waals surface area contributed by atoms with E-state index in [4.69, 9.17) is 0 Å².